The zero-order valence-electron chi connectivity index (χ0n) is 13.3. The maximum Gasteiger partial charge on any atom is 0.142 e. The largest absolute Gasteiger partial charge is 0.383 e. The summed E-state index contributed by atoms with van der Waals surface area (Å²) < 4.78 is 19.1. The van der Waals surface area contributed by atoms with Crippen molar-refractivity contribution in [2.45, 2.75) is 6.04 Å². The molecule has 1 aliphatic rings. The topological polar surface area (TPSA) is 61.2 Å². The number of pyridine rings is 1. The zero-order chi connectivity index (χ0) is 16.8. The third kappa shape index (κ3) is 4.07. The number of anilines is 1. The van der Waals surface area contributed by atoms with E-state index in [-0.39, 0.29) is 11.9 Å². The van der Waals surface area contributed by atoms with E-state index in [0.717, 1.165) is 24.3 Å². The highest BCUT2D eigenvalue weighted by molar-refractivity contribution is 5.46. The van der Waals surface area contributed by atoms with Crippen molar-refractivity contribution in [2.75, 3.05) is 38.2 Å². The fraction of sp³-hybridized carbons (Fsp3) is 0.333. The Morgan fingerprint density at radius 3 is 2.88 bits per heavy atom. The molecule has 1 atom stereocenters. The second kappa shape index (κ2) is 7.86. The normalized spacial score (nSPS) is 16.3. The fourth-order valence-electron chi connectivity index (χ4n) is 2.88. The van der Waals surface area contributed by atoms with Gasteiger partial charge in [0.1, 0.15) is 17.6 Å². The van der Waals surface area contributed by atoms with Crippen LogP contribution in [0.5, 0.6) is 0 Å². The summed E-state index contributed by atoms with van der Waals surface area (Å²) in [6.07, 6.45) is 1.60. The fourth-order valence-corrected chi connectivity index (χ4v) is 2.88. The number of rotatable bonds is 5. The van der Waals surface area contributed by atoms with Gasteiger partial charge in [0.2, 0.25) is 0 Å². The highest BCUT2D eigenvalue weighted by Crippen LogP contribution is 2.23. The summed E-state index contributed by atoms with van der Waals surface area (Å²) in [5.41, 5.74) is 2.13. The van der Waals surface area contributed by atoms with Gasteiger partial charge in [-0.1, -0.05) is 12.1 Å². The number of halogens is 1. The van der Waals surface area contributed by atoms with Crippen LogP contribution >= 0.6 is 0 Å². The molecule has 1 N–H and O–H groups in total. The average Bonchev–Trinajstić information content (AvgIpc) is 2.63. The first-order valence-electron chi connectivity index (χ1n) is 7.93. The van der Waals surface area contributed by atoms with Gasteiger partial charge < -0.3 is 10.1 Å². The molecule has 1 aromatic carbocycles. The molecule has 0 amide bonds. The molecular formula is C18H19FN4O. The smallest absolute Gasteiger partial charge is 0.142 e. The molecule has 6 heteroatoms. The molecule has 1 saturated heterocycles. The Labute approximate surface area is 140 Å². The Balaban J connectivity index is 1.77. The molecule has 1 aliphatic heterocycles. The third-order valence-electron chi connectivity index (χ3n) is 4.09. The lowest BCUT2D eigenvalue weighted by Gasteiger charge is -2.35. The van der Waals surface area contributed by atoms with Crippen LogP contribution in [0, 0.1) is 17.1 Å². The van der Waals surface area contributed by atoms with Crippen molar-refractivity contribution in [3.05, 3.63) is 59.7 Å². The van der Waals surface area contributed by atoms with Gasteiger partial charge >= 0.3 is 0 Å². The van der Waals surface area contributed by atoms with E-state index in [1.165, 1.54) is 6.07 Å². The lowest BCUT2D eigenvalue weighted by Crippen LogP contribution is -2.41. The number of morpholine rings is 1. The van der Waals surface area contributed by atoms with Crippen LogP contribution in [-0.4, -0.2) is 42.7 Å². The number of nitrogens with one attached hydrogen (secondary N) is 1. The van der Waals surface area contributed by atoms with Crippen molar-refractivity contribution in [2.24, 2.45) is 0 Å². The van der Waals surface area contributed by atoms with Crippen molar-refractivity contribution in [3.63, 3.8) is 0 Å². The Bertz CT molecular complexity index is 725. The van der Waals surface area contributed by atoms with Crippen molar-refractivity contribution in [3.8, 4) is 6.07 Å². The standard InChI is InChI=1S/C18H19FN4O/c19-15-3-1-2-14(10-15)18(23-6-8-24-9-7-23)13-22-16-4-5-21-17(11-16)12-20/h1-5,10-11,18H,6-9,13H2,(H,21,22). The SMILES string of the molecule is N#Cc1cc(NCC(c2cccc(F)c2)N2CCOCC2)ccn1. The molecule has 3 rings (SSSR count). The molecule has 0 aliphatic carbocycles. The summed E-state index contributed by atoms with van der Waals surface area (Å²) in [7, 11) is 0. The van der Waals surface area contributed by atoms with E-state index >= 15 is 0 Å². The lowest BCUT2D eigenvalue weighted by molar-refractivity contribution is 0.0186. The number of hydrogen-bond acceptors (Lipinski definition) is 5. The van der Waals surface area contributed by atoms with Crippen molar-refractivity contribution >= 4 is 5.69 Å². The minimum absolute atomic E-state index is 0.0308. The molecule has 1 unspecified atom stereocenters. The van der Waals surface area contributed by atoms with Gasteiger partial charge in [0.05, 0.1) is 19.3 Å². The number of nitrogens with zero attached hydrogens (tertiary/aromatic N) is 3. The molecular weight excluding hydrogens is 307 g/mol. The summed E-state index contributed by atoms with van der Waals surface area (Å²) in [6.45, 7) is 3.59. The summed E-state index contributed by atoms with van der Waals surface area (Å²) in [6, 6.07) is 12.3. The number of nitriles is 1. The molecule has 124 valence electrons. The van der Waals surface area contributed by atoms with Crippen LogP contribution in [-0.2, 0) is 4.74 Å². The van der Waals surface area contributed by atoms with Gasteiger partial charge in [-0.2, -0.15) is 5.26 Å². The third-order valence-corrected chi connectivity index (χ3v) is 4.09. The Morgan fingerprint density at radius 2 is 2.12 bits per heavy atom. The number of aromatic nitrogens is 1. The first kappa shape index (κ1) is 16.4. The van der Waals surface area contributed by atoms with E-state index in [2.05, 4.69) is 15.2 Å². The van der Waals surface area contributed by atoms with Crippen molar-refractivity contribution in [1.82, 2.24) is 9.88 Å². The van der Waals surface area contributed by atoms with Crippen LogP contribution in [0.15, 0.2) is 42.6 Å². The second-order valence-electron chi connectivity index (χ2n) is 5.64. The van der Waals surface area contributed by atoms with E-state index in [9.17, 15) is 4.39 Å². The summed E-state index contributed by atoms with van der Waals surface area (Å²) in [5, 5.41) is 12.3. The summed E-state index contributed by atoms with van der Waals surface area (Å²) in [4.78, 5) is 6.26. The molecule has 2 heterocycles. The van der Waals surface area contributed by atoms with Gasteiger partial charge in [-0.05, 0) is 29.8 Å². The van der Waals surface area contributed by atoms with Crippen LogP contribution in [0.25, 0.3) is 0 Å². The Morgan fingerprint density at radius 1 is 1.29 bits per heavy atom. The minimum atomic E-state index is -0.235. The maximum absolute atomic E-state index is 13.6. The first-order valence-corrected chi connectivity index (χ1v) is 7.93. The molecule has 0 spiro atoms. The molecule has 24 heavy (non-hydrogen) atoms. The molecule has 5 nitrogen and oxygen atoms in total. The van der Waals surface area contributed by atoms with E-state index in [1.54, 1.807) is 24.4 Å². The molecule has 0 bridgehead atoms. The highest BCUT2D eigenvalue weighted by Gasteiger charge is 2.22. The quantitative estimate of drug-likeness (QED) is 0.915. The van der Waals surface area contributed by atoms with Gasteiger partial charge in [0.25, 0.3) is 0 Å². The van der Waals surface area contributed by atoms with Crippen LogP contribution in [0.2, 0.25) is 0 Å². The van der Waals surface area contributed by atoms with E-state index in [0.29, 0.717) is 25.5 Å². The summed E-state index contributed by atoms with van der Waals surface area (Å²) >= 11 is 0. The van der Waals surface area contributed by atoms with Gasteiger partial charge in [0.15, 0.2) is 0 Å². The average molecular weight is 326 g/mol. The highest BCUT2D eigenvalue weighted by atomic mass is 19.1. The first-order chi connectivity index (χ1) is 11.8. The molecule has 1 aromatic heterocycles. The van der Waals surface area contributed by atoms with E-state index in [4.69, 9.17) is 10.00 Å². The monoisotopic (exact) mass is 326 g/mol. The van der Waals surface area contributed by atoms with Crippen LogP contribution in [0.4, 0.5) is 10.1 Å². The van der Waals surface area contributed by atoms with Crippen molar-refractivity contribution < 1.29 is 9.13 Å². The number of benzene rings is 1. The van der Waals surface area contributed by atoms with E-state index < -0.39 is 0 Å². The predicted molar refractivity (Wildman–Crippen MR) is 89.0 cm³/mol. The number of ether oxygens (including phenoxy) is 1. The van der Waals surface area contributed by atoms with Crippen molar-refractivity contribution in [1.29, 1.82) is 5.26 Å². The lowest BCUT2D eigenvalue weighted by atomic mass is 10.0. The second-order valence-corrected chi connectivity index (χ2v) is 5.64. The maximum atomic E-state index is 13.6. The Kier molecular flexibility index (Phi) is 5.36. The zero-order valence-corrected chi connectivity index (χ0v) is 13.3. The van der Waals surface area contributed by atoms with Gasteiger partial charge in [-0.25, -0.2) is 9.37 Å². The van der Waals surface area contributed by atoms with Gasteiger partial charge in [-0.3, -0.25) is 4.90 Å². The molecule has 1 fully saturated rings. The molecule has 0 saturated carbocycles. The Hall–Kier alpha value is -2.49. The van der Waals surface area contributed by atoms with Crippen LogP contribution in [0.3, 0.4) is 0 Å². The summed E-state index contributed by atoms with van der Waals surface area (Å²) in [5.74, 6) is -0.235. The van der Waals surface area contributed by atoms with Gasteiger partial charge in [0, 0.05) is 31.5 Å². The molecule has 2 aromatic rings. The predicted octanol–water partition coefficient (Wildman–Crippen LogP) is 2.58. The number of hydrogen-bond donors (Lipinski definition) is 1. The van der Waals surface area contributed by atoms with E-state index in [1.807, 2.05) is 18.2 Å². The van der Waals surface area contributed by atoms with Crippen LogP contribution < -0.4 is 5.32 Å². The molecule has 0 radical (unpaired) electrons. The van der Waals surface area contributed by atoms with Gasteiger partial charge in [-0.15, -0.1) is 0 Å². The minimum Gasteiger partial charge on any atom is -0.383 e. The van der Waals surface area contributed by atoms with Crippen LogP contribution in [0.1, 0.15) is 17.3 Å².